The second kappa shape index (κ2) is 4.96. The molecule has 1 aliphatic heterocycles. The lowest BCUT2D eigenvalue weighted by Gasteiger charge is -2.24. The molecule has 1 aliphatic rings. The standard InChI is InChI=1S/C10H11N3O5/c1-17-5-6-2-7(12-18-6)10(16)13-3-8(14)11-9(15)4-13/h2H,3-5H2,1H3,(H,11,14,15). The summed E-state index contributed by atoms with van der Waals surface area (Å²) in [5.74, 6) is -1.15. The Morgan fingerprint density at radius 2 is 2.17 bits per heavy atom. The van der Waals surface area contributed by atoms with Crippen molar-refractivity contribution in [2.75, 3.05) is 20.2 Å². The van der Waals surface area contributed by atoms with E-state index in [-0.39, 0.29) is 25.4 Å². The number of amides is 3. The first kappa shape index (κ1) is 12.2. The Balaban J connectivity index is 2.09. The van der Waals surface area contributed by atoms with Gasteiger partial charge in [0.2, 0.25) is 11.8 Å². The summed E-state index contributed by atoms with van der Waals surface area (Å²) in [5.41, 5.74) is 0.0459. The average molecular weight is 253 g/mol. The fourth-order valence-corrected chi connectivity index (χ4v) is 1.57. The zero-order chi connectivity index (χ0) is 13.1. The van der Waals surface area contributed by atoms with Gasteiger partial charge in [-0.05, 0) is 0 Å². The van der Waals surface area contributed by atoms with E-state index >= 15 is 0 Å². The van der Waals surface area contributed by atoms with Crippen LogP contribution in [0.15, 0.2) is 10.6 Å². The Morgan fingerprint density at radius 1 is 1.50 bits per heavy atom. The molecule has 1 aromatic heterocycles. The molecular formula is C10H11N3O5. The predicted molar refractivity (Wildman–Crippen MR) is 56.3 cm³/mol. The van der Waals surface area contributed by atoms with Gasteiger partial charge in [-0.25, -0.2) is 0 Å². The molecule has 1 fully saturated rings. The number of carbonyl (C=O) groups excluding carboxylic acids is 3. The Morgan fingerprint density at radius 3 is 2.78 bits per heavy atom. The van der Waals surface area contributed by atoms with Gasteiger partial charge in [0.1, 0.15) is 19.7 Å². The monoisotopic (exact) mass is 253 g/mol. The first-order valence-corrected chi connectivity index (χ1v) is 5.16. The molecule has 2 heterocycles. The summed E-state index contributed by atoms with van der Waals surface area (Å²) in [6, 6.07) is 1.42. The van der Waals surface area contributed by atoms with Gasteiger partial charge in [0, 0.05) is 13.2 Å². The summed E-state index contributed by atoms with van der Waals surface area (Å²) in [4.78, 5) is 35.3. The maximum atomic E-state index is 11.9. The predicted octanol–water partition coefficient (Wildman–Crippen LogP) is -1.08. The van der Waals surface area contributed by atoms with Crippen LogP contribution in [0.5, 0.6) is 0 Å². The van der Waals surface area contributed by atoms with Gasteiger partial charge in [-0.3, -0.25) is 19.7 Å². The van der Waals surface area contributed by atoms with Crippen molar-refractivity contribution < 1.29 is 23.6 Å². The smallest absolute Gasteiger partial charge is 0.276 e. The highest BCUT2D eigenvalue weighted by atomic mass is 16.5. The topological polar surface area (TPSA) is 102 Å². The van der Waals surface area contributed by atoms with E-state index in [0.717, 1.165) is 4.90 Å². The van der Waals surface area contributed by atoms with Crippen molar-refractivity contribution in [3.05, 3.63) is 17.5 Å². The zero-order valence-corrected chi connectivity index (χ0v) is 9.63. The molecular weight excluding hydrogens is 242 g/mol. The van der Waals surface area contributed by atoms with Crippen LogP contribution < -0.4 is 5.32 Å². The number of methoxy groups -OCH3 is 1. The van der Waals surface area contributed by atoms with Crippen molar-refractivity contribution in [1.82, 2.24) is 15.4 Å². The number of piperazine rings is 1. The van der Waals surface area contributed by atoms with Gasteiger partial charge in [0.15, 0.2) is 11.5 Å². The maximum absolute atomic E-state index is 11.9. The normalized spacial score (nSPS) is 15.7. The third kappa shape index (κ3) is 2.54. The zero-order valence-electron chi connectivity index (χ0n) is 9.63. The number of imide groups is 1. The fraction of sp³-hybridized carbons (Fsp3) is 0.400. The van der Waals surface area contributed by atoms with E-state index in [1.165, 1.54) is 13.2 Å². The lowest BCUT2D eigenvalue weighted by Crippen LogP contribution is -2.53. The highest BCUT2D eigenvalue weighted by molar-refractivity contribution is 6.05. The van der Waals surface area contributed by atoms with E-state index < -0.39 is 17.7 Å². The molecule has 0 aliphatic carbocycles. The van der Waals surface area contributed by atoms with Crippen LogP contribution in [0.4, 0.5) is 0 Å². The van der Waals surface area contributed by atoms with Crippen LogP contribution in [0.2, 0.25) is 0 Å². The lowest BCUT2D eigenvalue weighted by molar-refractivity contribution is -0.135. The first-order chi connectivity index (χ1) is 8.60. The number of aromatic nitrogens is 1. The van der Waals surface area contributed by atoms with E-state index in [1.54, 1.807) is 0 Å². The molecule has 0 spiro atoms. The van der Waals surface area contributed by atoms with Crippen LogP contribution in [0, 0.1) is 0 Å². The summed E-state index contributed by atoms with van der Waals surface area (Å²) in [6.07, 6.45) is 0. The second-order valence-corrected chi connectivity index (χ2v) is 3.74. The molecule has 0 unspecified atom stereocenters. The Bertz CT molecular complexity index is 479. The fourth-order valence-electron chi connectivity index (χ4n) is 1.57. The average Bonchev–Trinajstić information content (AvgIpc) is 2.76. The number of nitrogens with zero attached hydrogens (tertiary/aromatic N) is 2. The largest absolute Gasteiger partial charge is 0.377 e. The van der Waals surface area contributed by atoms with Crippen molar-refractivity contribution in [2.24, 2.45) is 0 Å². The Labute approximate surface area is 102 Å². The summed E-state index contributed by atoms with van der Waals surface area (Å²) in [7, 11) is 1.48. The molecule has 8 heteroatoms. The summed E-state index contributed by atoms with van der Waals surface area (Å²) < 4.78 is 9.69. The summed E-state index contributed by atoms with van der Waals surface area (Å²) in [5, 5.41) is 5.68. The van der Waals surface area contributed by atoms with Crippen LogP contribution in [0.25, 0.3) is 0 Å². The molecule has 0 aromatic carbocycles. The van der Waals surface area contributed by atoms with Gasteiger partial charge in [0.05, 0.1) is 0 Å². The van der Waals surface area contributed by atoms with Crippen molar-refractivity contribution in [3.8, 4) is 0 Å². The number of carbonyl (C=O) groups is 3. The number of hydrogen-bond acceptors (Lipinski definition) is 6. The minimum absolute atomic E-state index is 0.0459. The molecule has 1 saturated heterocycles. The van der Waals surface area contributed by atoms with Crippen molar-refractivity contribution in [3.63, 3.8) is 0 Å². The summed E-state index contributed by atoms with van der Waals surface area (Å²) >= 11 is 0. The van der Waals surface area contributed by atoms with Crippen molar-refractivity contribution in [1.29, 1.82) is 0 Å². The molecule has 8 nitrogen and oxygen atoms in total. The Kier molecular flexibility index (Phi) is 3.38. The van der Waals surface area contributed by atoms with Gasteiger partial charge in [-0.15, -0.1) is 0 Å². The highest BCUT2D eigenvalue weighted by Gasteiger charge is 2.28. The van der Waals surface area contributed by atoms with E-state index in [1.807, 2.05) is 0 Å². The van der Waals surface area contributed by atoms with E-state index in [9.17, 15) is 14.4 Å². The lowest BCUT2D eigenvalue weighted by atomic mass is 10.3. The van der Waals surface area contributed by atoms with Gasteiger partial charge in [-0.2, -0.15) is 0 Å². The van der Waals surface area contributed by atoms with Crippen LogP contribution in [-0.4, -0.2) is 48.0 Å². The maximum Gasteiger partial charge on any atom is 0.276 e. The SMILES string of the molecule is COCc1cc(C(=O)N2CC(=O)NC(=O)C2)no1. The molecule has 1 aromatic rings. The quantitative estimate of drug-likeness (QED) is 0.687. The first-order valence-electron chi connectivity index (χ1n) is 5.16. The van der Waals surface area contributed by atoms with Crippen LogP contribution in [0.3, 0.4) is 0 Å². The number of hydrogen-bond donors (Lipinski definition) is 1. The molecule has 3 amide bonds. The van der Waals surface area contributed by atoms with E-state index in [2.05, 4.69) is 10.5 Å². The third-order valence-electron chi connectivity index (χ3n) is 2.30. The molecule has 0 saturated carbocycles. The van der Waals surface area contributed by atoms with E-state index in [4.69, 9.17) is 9.26 Å². The molecule has 2 rings (SSSR count). The van der Waals surface area contributed by atoms with Crippen molar-refractivity contribution in [2.45, 2.75) is 6.61 Å². The molecule has 96 valence electrons. The van der Waals surface area contributed by atoms with Gasteiger partial charge in [0.25, 0.3) is 5.91 Å². The number of ether oxygens (including phenoxy) is 1. The minimum Gasteiger partial charge on any atom is -0.377 e. The highest BCUT2D eigenvalue weighted by Crippen LogP contribution is 2.09. The molecule has 0 bridgehead atoms. The molecule has 0 radical (unpaired) electrons. The third-order valence-corrected chi connectivity index (χ3v) is 2.30. The molecule has 18 heavy (non-hydrogen) atoms. The van der Waals surface area contributed by atoms with Gasteiger partial charge in [-0.1, -0.05) is 5.16 Å². The van der Waals surface area contributed by atoms with Crippen LogP contribution in [-0.2, 0) is 20.9 Å². The molecule has 1 N–H and O–H groups in total. The number of rotatable bonds is 3. The second-order valence-electron chi connectivity index (χ2n) is 3.74. The van der Waals surface area contributed by atoms with Gasteiger partial charge < -0.3 is 14.2 Å². The van der Waals surface area contributed by atoms with Crippen LogP contribution >= 0.6 is 0 Å². The number of nitrogens with one attached hydrogen (secondary N) is 1. The molecule has 0 atom stereocenters. The minimum atomic E-state index is -0.524. The van der Waals surface area contributed by atoms with Crippen LogP contribution in [0.1, 0.15) is 16.2 Å². The van der Waals surface area contributed by atoms with Gasteiger partial charge >= 0.3 is 0 Å². The van der Waals surface area contributed by atoms with E-state index in [0.29, 0.717) is 5.76 Å². The summed E-state index contributed by atoms with van der Waals surface area (Å²) in [6.45, 7) is -0.145. The Hall–Kier alpha value is -2.22. The van der Waals surface area contributed by atoms with Crippen molar-refractivity contribution >= 4 is 17.7 Å².